The van der Waals surface area contributed by atoms with Crippen molar-refractivity contribution in [1.82, 2.24) is 15.5 Å². The topological polar surface area (TPSA) is 71.3 Å². The van der Waals surface area contributed by atoms with Crippen LogP contribution in [0.2, 0.25) is 0 Å². The van der Waals surface area contributed by atoms with Crippen LogP contribution in [0, 0.1) is 6.92 Å². The summed E-state index contributed by atoms with van der Waals surface area (Å²) >= 11 is 0. The van der Waals surface area contributed by atoms with E-state index in [1.807, 2.05) is 12.1 Å². The molecule has 0 bridgehead atoms. The highest BCUT2D eigenvalue weighted by atomic mass is 16.5. The fraction of sp³-hybridized carbons (Fsp3) is 0.522. The van der Waals surface area contributed by atoms with Crippen molar-refractivity contribution in [2.24, 2.45) is 4.99 Å². The zero-order valence-electron chi connectivity index (χ0n) is 18.1. The molecule has 1 unspecified atom stereocenters. The number of aliphatic imine (C=N–C) groups is 1. The first kappa shape index (κ1) is 22.3. The number of hydrogen-bond acceptors (Lipinski definition) is 5. The Kier molecular flexibility index (Phi) is 9.21. The van der Waals surface area contributed by atoms with Crippen LogP contribution in [0.5, 0.6) is 0 Å². The van der Waals surface area contributed by atoms with Crippen molar-refractivity contribution >= 4 is 5.96 Å². The van der Waals surface area contributed by atoms with Crippen molar-refractivity contribution in [1.29, 1.82) is 0 Å². The number of nitrogens with one attached hydrogen (secondary N) is 2. The molecule has 1 atom stereocenters. The van der Waals surface area contributed by atoms with Gasteiger partial charge in [0.2, 0.25) is 0 Å². The molecule has 2 heterocycles. The average Bonchev–Trinajstić information content (AvgIpc) is 3.29. The van der Waals surface area contributed by atoms with Crippen LogP contribution in [0.15, 0.2) is 52.1 Å². The standard InChI is InChI=1S/C23H34N4O3/c1-19-6-3-7-20(16-19)22(27-10-14-28-15-11-27)17-26-23(24-2)25-9-5-12-29-18-21-8-4-13-30-21/h3-4,6-8,13,16,22H,5,9-12,14-15,17-18H2,1-2H3,(H2,24,25,26). The molecule has 30 heavy (non-hydrogen) atoms. The summed E-state index contributed by atoms with van der Waals surface area (Å²) in [5.74, 6) is 1.66. The Morgan fingerprint density at radius 1 is 1.20 bits per heavy atom. The van der Waals surface area contributed by atoms with E-state index in [9.17, 15) is 0 Å². The van der Waals surface area contributed by atoms with Crippen LogP contribution in [0.1, 0.15) is 29.3 Å². The maximum atomic E-state index is 5.63. The van der Waals surface area contributed by atoms with Gasteiger partial charge in [0, 0.05) is 39.8 Å². The first-order valence-electron chi connectivity index (χ1n) is 10.7. The predicted octanol–water partition coefficient (Wildman–Crippen LogP) is 2.73. The van der Waals surface area contributed by atoms with Crippen molar-refractivity contribution < 1.29 is 13.9 Å². The van der Waals surface area contributed by atoms with Crippen LogP contribution in [-0.4, -0.2) is 63.9 Å². The first-order chi connectivity index (χ1) is 14.8. The molecule has 0 radical (unpaired) electrons. The highest BCUT2D eigenvalue weighted by Crippen LogP contribution is 2.22. The van der Waals surface area contributed by atoms with Crippen molar-refractivity contribution in [3.63, 3.8) is 0 Å². The Morgan fingerprint density at radius 3 is 2.80 bits per heavy atom. The number of furan rings is 1. The molecule has 0 spiro atoms. The Balaban J connectivity index is 1.44. The van der Waals surface area contributed by atoms with Crippen LogP contribution >= 0.6 is 0 Å². The number of rotatable bonds is 10. The Morgan fingerprint density at radius 2 is 2.07 bits per heavy atom. The van der Waals surface area contributed by atoms with Gasteiger partial charge in [0.05, 0.1) is 25.5 Å². The SMILES string of the molecule is CN=C(NCCCOCc1ccco1)NCC(c1cccc(C)c1)N1CCOCC1. The molecule has 1 aromatic carbocycles. The van der Waals surface area contributed by atoms with Gasteiger partial charge in [0.25, 0.3) is 0 Å². The lowest BCUT2D eigenvalue weighted by atomic mass is 10.0. The fourth-order valence-electron chi connectivity index (χ4n) is 3.59. The molecule has 1 aliphatic rings. The quantitative estimate of drug-likeness (QED) is 0.354. The van der Waals surface area contributed by atoms with Crippen LogP contribution in [0.4, 0.5) is 0 Å². The van der Waals surface area contributed by atoms with E-state index in [0.29, 0.717) is 13.2 Å². The summed E-state index contributed by atoms with van der Waals surface area (Å²) in [6, 6.07) is 12.8. The molecule has 7 heteroatoms. The summed E-state index contributed by atoms with van der Waals surface area (Å²) in [7, 11) is 1.80. The molecule has 0 amide bonds. The summed E-state index contributed by atoms with van der Waals surface area (Å²) in [6.07, 6.45) is 2.56. The van der Waals surface area contributed by atoms with Gasteiger partial charge in [0.1, 0.15) is 12.4 Å². The van der Waals surface area contributed by atoms with Crippen LogP contribution in [0.3, 0.4) is 0 Å². The van der Waals surface area contributed by atoms with Gasteiger partial charge < -0.3 is 24.5 Å². The summed E-state index contributed by atoms with van der Waals surface area (Å²) in [5, 5.41) is 6.88. The third-order valence-electron chi connectivity index (χ3n) is 5.18. The van der Waals surface area contributed by atoms with Gasteiger partial charge in [-0.2, -0.15) is 0 Å². The molecule has 1 fully saturated rings. The third kappa shape index (κ3) is 7.16. The summed E-state index contributed by atoms with van der Waals surface area (Å²) in [4.78, 5) is 6.86. The average molecular weight is 415 g/mol. The van der Waals surface area contributed by atoms with Crippen molar-refractivity contribution in [2.75, 3.05) is 53.0 Å². The zero-order valence-corrected chi connectivity index (χ0v) is 18.1. The van der Waals surface area contributed by atoms with Crippen LogP contribution in [0.25, 0.3) is 0 Å². The number of guanidine groups is 1. The Hall–Kier alpha value is -2.35. The minimum absolute atomic E-state index is 0.281. The van der Waals surface area contributed by atoms with E-state index in [1.54, 1.807) is 13.3 Å². The predicted molar refractivity (Wildman–Crippen MR) is 119 cm³/mol. The molecule has 0 saturated carbocycles. The van der Waals surface area contributed by atoms with E-state index in [1.165, 1.54) is 11.1 Å². The first-order valence-corrected chi connectivity index (χ1v) is 10.7. The summed E-state index contributed by atoms with van der Waals surface area (Å²) in [5.41, 5.74) is 2.61. The van der Waals surface area contributed by atoms with Gasteiger partial charge in [-0.25, -0.2) is 0 Å². The molecule has 2 N–H and O–H groups in total. The molecule has 2 aromatic rings. The van der Waals surface area contributed by atoms with Crippen LogP contribution in [-0.2, 0) is 16.1 Å². The van der Waals surface area contributed by atoms with Gasteiger partial charge in [0.15, 0.2) is 5.96 Å². The molecular weight excluding hydrogens is 380 g/mol. The fourth-order valence-corrected chi connectivity index (χ4v) is 3.59. The normalized spacial score (nSPS) is 16.4. The number of morpholine rings is 1. The number of benzene rings is 1. The van der Waals surface area contributed by atoms with E-state index in [2.05, 4.69) is 51.7 Å². The largest absolute Gasteiger partial charge is 0.467 e. The lowest BCUT2D eigenvalue weighted by molar-refractivity contribution is 0.0170. The second-order valence-electron chi connectivity index (χ2n) is 7.44. The van der Waals surface area contributed by atoms with E-state index < -0.39 is 0 Å². The maximum absolute atomic E-state index is 5.63. The van der Waals surface area contributed by atoms with Gasteiger partial charge in [-0.1, -0.05) is 29.8 Å². The minimum atomic E-state index is 0.281. The van der Waals surface area contributed by atoms with Gasteiger partial charge in [-0.05, 0) is 31.0 Å². The van der Waals surface area contributed by atoms with Gasteiger partial charge >= 0.3 is 0 Å². The Labute approximate surface area is 179 Å². The zero-order chi connectivity index (χ0) is 21.0. The smallest absolute Gasteiger partial charge is 0.191 e. The second-order valence-corrected chi connectivity index (χ2v) is 7.44. The number of nitrogens with zero attached hydrogens (tertiary/aromatic N) is 2. The van der Waals surface area contributed by atoms with E-state index in [0.717, 1.165) is 57.5 Å². The number of aryl methyl sites for hydroxylation is 1. The van der Waals surface area contributed by atoms with Gasteiger partial charge in [-0.3, -0.25) is 9.89 Å². The molecular formula is C23H34N4O3. The highest BCUT2D eigenvalue weighted by Gasteiger charge is 2.23. The van der Waals surface area contributed by atoms with Gasteiger partial charge in [-0.15, -0.1) is 0 Å². The van der Waals surface area contributed by atoms with Crippen LogP contribution < -0.4 is 10.6 Å². The molecule has 1 aliphatic heterocycles. The molecule has 7 nitrogen and oxygen atoms in total. The maximum Gasteiger partial charge on any atom is 0.191 e. The molecule has 164 valence electrons. The van der Waals surface area contributed by atoms with E-state index in [4.69, 9.17) is 13.9 Å². The number of ether oxygens (including phenoxy) is 2. The molecule has 0 aliphatic carbocycles. The highest BCUT2D eigenvalue weighted by molar-refractivity contribution is 5.79. The third-order valence-corrected chi connectivity index (χ3v) is 5.18. The van der Waals surface area contributed by atoms with E-state index >= 15 is 0 Å². The molecule has 1 saturated heterocycles. The Bertz CT molecular complexity index is 758. The number of hydrogen-bond donors (Lipinski definition) is 2. The molecule has 3 rings (SSSR count). The molecule has 1 aromatic heterocycles. The monoisotopic (exact) mass is 414 g/mol. The lowest BCUT2D eigenvalue weighted by Crippen LogP contribution is -2.46. The van der Waals surface area contributed by atoms with Crippen molar-refractivity contribution in [3.05, 3.63) is 59.5 Å². The van der Waals surface area contributed by atoms with Crippen molar-refractivity contribution in [2.45, 2.75) is 26.0 Å². The lowest BCUT2D eigenvalue weighted by Gasteiger charge is -2.35. The van der Waals surface area contributed by atoms with Crippen molar-refractivity contribution in [3.8, 4) is 0 Å². The summed E-state index contributed by atoms with van der Waals surface area (Å²) in [6.45, 7) is 8.37. The minimum Gasteiger partial charge on any atom is -0.467 e. The second kappa shape index (κ2) is 12.4. The summed E-state index contributed by atoms with van der Waals surface area (Å²) < 4.78 is 16.4. The van der Waals surface area contributed by atoms with E-state index in [-0.39, 0.29) is 6.04 Å².